The lowest BCUT2D eigenvalue weighted by atomic mass is 10.0. The first kappa shape index (κ1) is 10.7. The summed E-state index contributed by atoms with van der Waals surface area (Å²) in [6, 6.07) is 12.4. The summed E-state index contributed by atoms with van der Waals surface area (Å²) in [5, 5.41) is 3.31. The second-order valence-electron chi connectivity index (χ2n) is 4.14. The molecule has 1 heterocycles. The van der Waals surface area contributed by atoms with Crippen molar-refractivity contribution in [3.05, 3.63) is 54.4 Å². The summed E-state index contributed by atoms with van der Waals surface area (Å²) >= 11 is 0. The van der Waals surface area contributed by atoms with Gasteiger partial charge in [0.1, 0.15) is 0 Å². The van der Waals surface area contributed by atoms with Crippen LogP contribution in [0.25, 0.3) is 0 Å². The zero-order valence-corrected chi connectivity index (χ0v) is 9.64. The maximum Gasteiger partial charge on any atom is 0.0570 e. The molecule has 0 atom stereocenters. The highest BCUT2D eigenvalue weighted by Gasteiger charge is 1.98. The van der Waals surface area contributed by atoms with Crippen LogP contribution in [0.4, 0.5) is 11.4 Å². The van der Waals surface area contributed by atoms with Crippen LogP contribution in [-0.4, -0.2) is 4.98 Å². The fourth-order valence-corrected chi connectivity index (χ4v) is 1.55. The summed E-state index contributed by atoms with van der Waals surface area (Å²) in [4.78, 5) is 4.06. The summed E-state index contributed by atoms with van der Waals surface area (Å²) in [6.07, 6.45) is 3.59. The Labute approximate surface area is 96.4 Å². The normalized spacial score (nSPS) is 10.4. The quantitative estimate of drug-likeness (QED) is 0.833. The van der Waals surface area contributed by atoms with Gasteiger partial charge in [-0.05, 0) is 35.7 Å². The van der Waals surface area contributed by atoms with Crippen LogP contribution in [0.15, 0.2) is 48.8 Å². The van der Waals surface area contributed by atoms with Gasteiger partial charge in [0.25, 0.3) is 0 Å². The highest BCUT2D eigenvalue weighted by molar-refractivity contribution is 5.58. The van der Waals surface area contributed by atoms with Crippen molar-refractivity contribution in [2.75, 3.05) is 5.32 Å². The zero-order chi connectivity index (χ0) is 11.4. The Bertz CT molecular complexity index is 432. The minimum absolute atomic E-state index is 0.576. The minimum atomic E-state index is 0.576. The van der Waals surface area contributed by atoms with Gasteiger partial charge in [0.05, 0.1) is 11.9 Å². The molecule has 0 aliphatic rings. The van der Waals surface area contributed by atoms with E-state index in [2.05, 4.69) is 48.4 Å². The highest BCUT2D eigenvalue weighted by Crippen LogP contribution is 2.19. The molecule has 16 heavy (non-hydrogen) atoms. The second-order valence-corrected chi connectivity index (χ2v) is 4.14. The molecule has 1 aromatic carbocycles. The van der Waals surface area contributed by atoms with Gasteiger partial charge in [0.2, 0.25) is 0 Å². The van der Waals surface area contributed by atoms with E-state index in [1.165, 1.54) is 5.56 Å². The van der Waals surface area contributed by atoms with Crippen molar-refractivity contribution in [3.63, 3.8) is 0 Å². The SMILES string of the molecule is CC(C)c1ccc(Nc2cccnc2)cc1. The Morgan fingerprint density at radius 2 is 1.75 bits per heavy atom. The van der Waals surface area contributed by atoms with Crippen LogP contribution in [0, 0.1) is 0 Å². The summed E-state index contributed by atoms with van der Waals surface area (Å²) in [7, 11) is 0. The number of benzene rings is 1. The molecule has 0 bridgehead atoms. The van der Waals surface area contributed by atoms with Crippen molar-refractivity contribution in [1.82, 2.24) is 4.98 Å². The standard InChI is InChI=1S/C14H16N2/c1-11(2)12-5-7-13(8-6-12)16-14-4-3-9-15-10-14/h3-11,16H,1-2H3. The molecule has 1 aromatic heterocycles. The molecule has 0 fully saturated rings. The van der Waals surface area contributed by atoms with Crippen LogP contribution in [0.2, 0.25) is 0 Å². The molecular weight excluding hydrogens is 196 g/mol. The van der Waals surface area contributed by atoms with E-state index in [1.807, 2.05) is 18.3 Å². The summed E-state index contributed by atoms with van der Waals surface area (Å²) in [6.45, 7) is 4.40. The van der Waals surface area contributed by atoms with Crippen LogP contribution in [0.3, 0.4) is 0 Å². The van der Waals surface area contributed by atoms with Gasteiger partial charge in [0.15, 0.2) is 0 Å². The monoisotopic (exact) mass is 212 g/mol. The van der Waals surface area contributed by atoms with Crippen molar-refractivity contribution in [2.45, 2.75) is 19.8 Å². The first-order chi connectivity index (χ1) is 7.75. The molecule has 0 unspecified atom stereocenters. The fraction of sp³-hybridized carbons (Fsp3) is 0.214. The van der Waals surface area contributed by atoms with Crippen LogP contribution >= 0.6 is 0 Å². The number of hydrogen-bond donors (Lipinski definition) is 1. The molecular formula is C14H16N2. The molecule has 0 aliphatic carbocycles. The summed E-state index contributed by atoms with van der Waals surface area (Å²) in [5.74, 6) is 0.576. The fourth-order valence-electron chi connectivity index (χ4n) is 1.55. The van der Waals surface area contributed by atoms with Crippen molar-refractivity contribution >= 4 is 11.4 Å². The number of rotatable bonds is 3. The molecule has 2 rings (SSSR count). The van der Waals surface area contributed by atoms with E-state index in [0.717, 1.165) is 11.4 Å². The topological polar surface area (TPSA) is 24.9 Å². The molecule has 0 saturated heterocycles. The van der Waals surface area contributed by atoms with Gasteiger partial charge in [-0.15, -0.1) is 0 Å². The second kappa shape index (κ2) is 4.79. The van der Waals surface area contributed by atoms with Gasteiger partial charge in [-0.25, -0.2) is 0 Å². The molecule has 2 nitrogen and oxygen atoms in total. The molecule has 0 aliphatic heterocycles. The van der Waals surface area contributed by atoms with Crippen LogP contribution < -0.4 is 5.32 Å². The van der Waals surface area contributed by atoms with Gasteiger partial charge >= 0.3 is 0 Å². The molecule has 0 spiro atoms. The number of anilines is 2. The largest absolute Gasteiger partial charge is 0.354 e. The lowest BCUT2D eigenvalue weighted by molar-refractivity contribution is 0.867. The molecule has 82 valence electrons. The van der Waals surface area contributed by atoms with Gasteiger partial charge in [0, 0.05) is 11.9 Å². The zero-order valence-electron chi connectivity index (χ0n) is 9.64. The number of aromatic nitrogens is 1. The average molecular weight is 212 g/mol. The van der Waals surface area contributed by atoms with Crippen LogP contribution in [0.1, 0.15) is 25.3 Å². The van der Waals surface area contributed by atoms with Crippen molar-refractivity contribution < 1.29 is 0 Å². The van der Waals surface area contributed by atoms with E-state index in [1.54, 1.807) is 6.20 Å². The Hall–Kier alpha value is -1.83. The van der Waals surface area contributed by atoms with E-state index in [-0.39, 0.29) is 0 Å². The van der Waals surface area contributed by atoms with Crippen molar-refractivity contribution in [3.8, 4) is 0 Å². The molecule has 0 radical (unpaired) electrons. The molecule has 2 heteroatoms. The third kappa shape index (κ3) is 2.60. The van der Waals surface area contributed by atoms with Gasteiger partial charge < -0.3 is 5.32 Å². The lowest BCUT2D eigenvalue weighted by Gasteiger charge is -2.08. The summed E-state index contributed by atoms with van der Waals surface area (Å²) in [5.41, 5.74) is 3.47. The first-order valence-corrected chi connectivity index (χ1v) is 5.53. The Balaban J connectivity index is 2.11. The number of nitrogens with one attached hydrogen (secondary N) is 1. The van der Waals surface area contributed by atoms with E-state index in [9.17, 15) is 0 Å². The third-order valence-electron chi connectivity index (χ3n) is 2.53. The Morgan fingerprint density at radius 3 is 2.31 bits per heavy atom. The molecule has 0 saturated carbocycles. The molecule has 2 aromatic rings. The van der Waals surface area contributed by atoms with E-state index in [4.69, 9.17) is 0 Å². The first-order valence-electron chi connectivity index (χ1n) is 5.53. The maximum absolute atomic E-state index is 4.06. The Kier molecular flexibility index (Phi) is 3.20. The van der Waals surface area contributed by atoms with E-state index >= 15 is 0 Å². The maximum atomic E-state index is 4.06. The summed E-state index contributed by atoms with van der Waals surface area (Å²) < 4.78 is 0. The van der Waals surface area contributed by atoms with Crippen molar-refractivity contribution in [1.29, 1.82) is 0 Å². The van der Waals surface area contributed by atoms with Crippen LogP contribution in [0.5, 0.6) is 0 Å². The van der Waals surface area contributed by atoms with E-state index in [0.29, 0.717) is 5.92 Å². The lowest BCUT2D eigenvalue weighted by Crippen LogP contribution is -1.92. The van der Waals surface area contributed by atoms with Gasteiger partial charge in [-0.2, -0.15) is 0 Å². The number of nitrogens with zero attached hydrogens (tertiary/aromatic N) is 1. The smallest absolute Gasteiger partial charge is 0.0570 e. The third-order valence-corrected chi connectivity index (χ3v) is 2.53. The molecule has 1 N–H and O–H groups in total. The highest BCUT2D eigenvalue weighted by atomic mass is 14.9. The predicted molar refractivity (Wildman–Crippen MR) is 68.1 cm³/mol. The van der Waals surface area contributed by atoms with E-state index < -0.39 is 0 Å². The van der Waals surface area contributed by atoms with Gasteiger partial charge in [-0.1, -0.05) is 26.0 Å². The minimum Gasteiger partial charge on any atom is -0.354 e. The number of hydrogen-bond acceptors (Lipinski definition) is 2. The van der Waals surface area contributed by atoms with Crippen LogP contribution in [-0.2, 0) is 0 Å². The van der Waals surface area contributed by atoms with Crippen molar-refractivity contribution in [2.24, 2.45) is 0 Å². The predicted octanol–water partition coefficient (Wildman–Crippen LogP) is 3.95. The average Bonchev–Trinajstić information content (AvgIpc) is 2.31. The number of pyridine rings is 1. The Morgan fingerprint density at radius 1 is 1.00 bits per heavy atom. The molecule has 0 amide bonds. The van der Waals surface area contributed by atoms with Gasteiger partial charge in [-0.3, -0.25) is 4.98 Å².